The Hall–Kier alpha value is -3.61. The van der Waals surface area contributed by atoms with Gasteiger partial charge < -0.3 is 0 Å². The number of aryl methyl sites for hydroxylation is 1. The van der Waals surface area contributed by atoms with Gasteiger partial charge in [0.25, 0.3) is 0 Å². The molecule has 3 unspecified atom stereocenters. The summed E-state index contributed by atoms with van der Waals surface area (Å²) in [6.45, 7) is 22.1. The van der Waals surface area contributed by atoms with Crippen molar-refractivity contribution in [3.8, 4) is 0 Å². The molecule has 5 rings (SSSR count). The molecule has 0 aliphatic heterocycles. The van der Waals surface area contributed by atoms with Crippen LogP contribution in [0.1, 0.15) is 57.7 Å². The van der Waals surface area contributed by atoms with Crippen molar-refractivity contribution in [1.82, 2.24) is 0 Å². The average molecular weight is 557 g/mol. The number of rotatable bonds is 6. The highest BCUT2D eigenvalue weighted by atomic mass is 35.5. The zero-order valence-electron chi connectivity index (χ0n) is 25.3. The van der Waals surface area contributed by atoms with E-state index in [1.165, 1.54) is 55.0 Å². The Morgan fingerprint density at radius 1 is 1.00 bits per heavy atom. The van der Waals surface area contributed by atoms with Crippen LogP contribution >= 0.6 is 11.6 Å². The van der Waals surface area contributed by atoms with Crippen molar-refractivity contribution in [1.29, 1.82) is 0 Å². The Kier molecular flexibility index (Phi) is 8.00. The van der Waals surface area contributed by atoms with Crippen LogP contribution in [0.2, 0.25) is 0 Å². The summed E-state index contributed by atoms with van der Waals surface area (Å²) in [6.07, 6.45) is 14.3. The molecule has 0 N–H and O–H groups in total. The largest absolute Gasteiger partial charge is 0.0911 e. The summed E-state index contributed by atoms with van der Waals surface area (Å²) >= 11 is 7.23. The molecule has 1 heteroatoms. The third-order valence-corrected chi connectivity index (χ3v) is 9.88. The Labute approximate surface area is 251 Å². The number of benzene rings is 3. The molecular weight excluding hydrogens is 516 g/mol. The van der Waals surface area contributed by atoms with Crippen LogP contribution in [-0.4, -0.2) is 0 Å². The van der Waals surface area contributed by atoms with Crippen molar-refractivity contribution in [3.05, 3.63) is 141 Å². The predicted molar refractivity (Wildman–Crippen MR) is 182 cm³/mol. The Morgan fingerprint density at radius 2 is 1.68 bits per heavy atom. The van der Waals surface area contributed by atoms with Crippen molar-refractivity contribution in [3.63, 3.8) is 0 Å². The van der Waals surface area contributed by atoms with Crippen LogP contribution in [-0.2, 0) is 0 Å². The first kappa shape index (κ1) is 28.9. The minimum Gasteiger partial charge on any atom is -0.0911 e. The second kappa shape index (κ2) is 11.3. The zero-order valence-corrected chi connectivity index (χ0v) is 26.1. The smallest absolute Gasteiger partial charge is 0.0475 e. The summed E-state index contributed by atoms with van der Waals surface area (Å²) < 4.78 is 0. The maximum atomic E-state index is 7.23. The van der Waals surface area contributed by atoms with Crippen LogP contribution in [0.4, 0.5) is 0 Å². The summed E-state index contributed by atoms with van der Waals surface area (Å²) in [6, 6.07) is 19.3. The van der Waals surface area contributed by atoms with Crippen molar-refractivity contribution in [2.24, 2.45) is 17.3 Å². The SMILES string of the molecule is C=C(/C=C/C1=C(Cl)C(=C/C=C(\C)c2cccc(=C)/c2=C(C)\C=C/C)/C(C)C2(C)CC12)c1cccc2cccc(C)c12. The zero-order chi connectivity index (χ0) is 29.5. The summed E-state index contributed by atoms with van der Waals surface area (Å²) in [5.74, 6) is 0.873. The number of hydrogen-bond acceptors (Lipinski definition) is 0. The molecule has 41 heavy (non-hydrogen) atoms. The molecule has 208 valence electrons. The molecule has 0 aromatic heterocycles. The monoisotopic (exact) mass is 556 g/mol. The third kappa shape index (κ3) is 5.27. The van der Waals surface area contributed by atoms with Gasteiger partial charge >= 0.3 is 0 Å². The van der Waals surface area contributed by atoms with Crippen molar-refractivity contribution < 1.29 is 0 Å². The maximum absolute atomic E-state index is 7.23. The van der Waals surface area contributed by atoms with Crippen molar-refractivity contribution in [2.75, 3.05) is 0 Å². The Balaban J connectivity index is 1.54. The molecule has 3 aromatic carbocycles. The van der Waals surface area contributed by atoms with E-state index in [1.807, 2.05) is 0 Å². The first-order valence-corrected chi connectivity index (χ1v) is 15.0. The fourth-order valence-corrected chi connectivity index (χ4v) is 7.13. The molecule has 0 amide bonds. The van der Waals surface area contributed by atoms with E-state index in [9.17, 15) is 0 Å². The highest BCUT2D eigenvalue weighted by molar-refractivity contribution is 6.33. The lowest BCUT2D eigenvalue weighted by atomic mass is 9.77. The third-order valence-electron chi connectivity index (χ3n) is 9.44. The number of halogens is 1. The molecular formula is C40H41Cl. The molecule has 1 fully saturated rings. The van der Waals surface area contributed by atoms with Gasteiger partial charge in [-0.1, -0.05) is 130 Å². The van der Waals surface area contributed by atoms with Gasteiger partial charge in [-0.25, -0.2) is 0 Å². The van der Waals surface area contributed by atoms with Gasteiger partial charge in [-0.2, -0.15) is 0 Å². The molecule has 0 nitrogen and oxygen atoms in total. The van der Waals surface area contributed by atoms with Crippen LogP contribution in [0.25, 0.3) is 34.1 Å². The highest BCUT2D eigenvalue weighted by Gasteiger charge is 2.58. The lowest BCUT2D eigenvalue weighted by Crippen LogP contribution is -2.28. The first-order chi connectivity index (χ1) is 19.6. The number of fused-ring (bicyclic) bond motifs is 2. The minimum atomic E-state index is 0.234. The molecule has 0 spiro atoms. The molecule has 3 aromatic rings. The highest BCUT2D eigenvalue weighted by Crippen LogP contribution is 2.67. The van der Waals surface area contributed by atoms with E-state index >= 15 is 0 Å². The second-order valence-electron chi connectivity index (χ2n) is 12.1. The Morgan fingerprint density at radius 3 is 2.41 bits per heavy atom. The quantitative estimate of drug-likeness (QED) is 0.265. The first-order valence-electron chi connectivity index (χ1n) is 14.6. The van der Waals surface area contributed by atoms with Crippen LogP contribution in [0.15, 0.2) is 114 Å². The Bertz CT molecular complexity index is 1810. The summed E-state index contributed by atoms with van der Waals surface area (Å²) in [7, 11) is 0. The molecule has 1 saturated carbocycles. The number of hydrogen-bond donors (Lipinski definition) is 0. The lowest BCUT2D eigenvalue weighted by Gasteiger charge is -2.30. The van der Waals surface area contributed by atoms with E-state index in [2.05, 4.69) is 146 Å². The van der Waals surface area contributed by atoms with Gasteiger partial charge in [-0.05, 0) is 117 Å². The van der Waals surface area contributed by atoms with E-state index in [-0.39, 0.29) is 5.41 Å². The van der Waals surface area contributed by atoms with Gasteiger partial charge in [0.05, 0.1) is 0 Å². The molecule has 3 atom stereocenters. The number of allylic oxidation sites excluding steroid dienone is 11. The molecule has 0 bridgehead atoms. The minimum absolute atomic E-state index is 0.234. The summed E-state index contributed by atoms with van der Waals surface area (Å²) in [5.41, 5.74) is 9.79. The fraction of sp³-hybridized carbons (Fsp3) is 0.250. The fourth-order valence-electron chi connectivity index (χ4n) is 6.71. The normalized spacial score (nSPS) is 24.5. The van der Waals surface area contributed by atoms with E-state index in [1.54, 1.807) is 0 Å². The van der Waals surface area contributed by atoms with E-state index in [4.69, 9.17) is 11.6 Å². The summed E-state index contributed by atoms with van der Waals surface area (Å²) in [4.78, 5) is 0. The van der Waals surface area contributed by atoms with Crippen LogP contribution in [0.5, 0.6) is 0 Å². The van der Waals surface area contributed by atoms with Gasteiger partial charge in [0.2, 0.25) is 0 Å². The van der Waals surface area contributed by atoms with Crippen LogP contribution in [0, 0.1) is 24.2 Å². The lowest BCUT2D eigenvalue weighted by molar-refractivity contribution is 0.387. The van der Waals surface area contributed by atoms with Crippen LogP contribution < -0.4 is 10.4 Å². The molecule has 2 aliphatic rings. The predicted octanol–water partition coefficient (Wildman–Crippen LogP) is 10.1. The average Bonchev–Trinajstić information content (AvgIpc) is 3.65. The van der Waals surface area contributed by atoms with Gasteiger partial charge in [0, 0.05) is 5.03 Å². The van der Waals surface area contributed by atoms with Crippen molar-refractivity contribution in [2.45, 2.75) is 48.0 Å². The van der Waals surface area contributed by atoms with Gasteiger partial charge in [0.15, 0.2) is 0 Å². The second-order valence-corrected chi connectivity index (χ2v) is 12.5. The topological polar surface area (TPSA) is 0 Å². The van der Waals surface area contributed by atoms with E-state index in [0.29, 0.717) is 11.8 Å². The molecule has 0 radical (unpaired) electrons. The maximum Gasteiger partial charge on any atom is 0.0475 e. The van der Waals surface area contributed by atoms with Gasteiger partial charge in [-0.15, -0.1) is 0 Å². The standard InChI is InChI=1S/C40H41Cl/c1-9-13-27(4)37-28(5)15-11-18-32(37)25(2)20-22-34-30(7)40(8)24-36(40)35(39(34)41)23-21-26(3)33-19-12-17-31-16-10-14-29(6)38(31)33/h9-23,30,36H,3,5,24H2,1-2,4,6-8H3/b13-9-,23-21+,25-20+,34-22+,37-27+. The summed E-state index contributed by atoms with van der Waals surface area (Å²) in [5, 5.41) is 5.66. The molecule has 0 heterocycles. The van der Waals surface area contributed by atoms with Gasteiger partial charge in [0.1, 0.15) is 0 Å². The van der Waals surface area contributed by atoms with E-state index in [0.717, 1.165) is 22.2 Å². The van der Waals surface area contributed by atoms with Crippen LogP contribution in [0.3, 0.4) is 0 Å². The van der Waals surface area contributed by atoms with Crippen molar-refractivity contribution >= 4 is 45.7 Å². The van der Waals surface area contributed by atoms with Gasteiger partial charge in [-0.3, -0.25) is 0 Å². The molecule has 0 saturated heterocycles. The van der Waals surface area contributed by atoms with E-state index < -0.39 is 0 Å². The molecule has 2 aliphatic carbocycles.